The zero-order chi connectivity index (χ0) is 11.2. The van der Waals surface area contributed by atoms with Gasteiger partial charge in [-0.05, 0) is 18.9 Å². The molecule has 0 aromatic carbocycles. The van der Waals surface area contributed by atoms with Gasteiger partial charge in [0.2, 0.25) is 0 Å². The molecule has 0 unspecified atom stereocenters. The first-order valence-corrected chi connectivity index (χ1v) is 4.77. The van der Waals surface area contributed by atoms with Crippen LogP contribution in [-0.4, -0.2) is 45.1 Å². The van der Waals surface area contributed by atoms with Crippen LogP contribution < -0.4 is 51.4 Å². The Hall–Kier alpha value is 1.41. The number of hydrogen-bond donors (Lipinski definition) is 0. The van der Waals surface area contributed by atoms with Gasteiger partial charge in [0.25, 0.3) is 0 Å². The minimum absolute atomic E-state index is 0. The molecular weight excluding hydrogens is 233 g/mol. The quantitative estimate of drug-likeness (QED) is 0.537. The molecule has 0 atom stereocenters. The van der Waals surface area contributed by atoms with Crippen LogP contribution in [0.25, 0.3) is 0 Å². The summed E-state index contributed by atoms with van der Waals surface area (Å²) in [6, 6.07) is 0. The van der Waals surface area contributed by atoms with E-state index in [-0.39, 0.29) is 57.3 Å². The summed E-state index contributed by atoms with van der Waals surface area (Å²) < 4.78 is 41.3. The van der Waals surface area contributed by atoms with E-state index in [1.54, 1.807) is 0 Å². The van der Waals surface area contributed by atoms with Crippen LogP contribution in [0.15, 0.2) is 0 Å². The smallest absolute Gasteiger partial charge is 0.448 e. The van der Waals surface area contributed by atoms with Crippen molar-refractivity contribution in [2.24, 2.45) is 5.92 Å². The third-order valence-electron chi connectivity index (χ3n) is 1.70. The molecule has 15 heavy (non-hydrogen) atoms. The average Bonchev–Trinajstić information content (AvgIpc) is 1.96. The van der Waals surface area contributed by atoms with Gasteiger partial charge in [-0.2, -0.15) is 0 Å². The molecule has 0 aromatic rings. The predicted molar refractivity (Wildman–Crippen MR) is 52.2 cm³/mol. The van der Waals surface area contributed by atoms with Crippen molar-refractivity contribution in [3.05, 3.63) is 0 Å². The molecule has 86 valence electrons. The van der Waals surface area contributed by atoms with E-state index in [2.05, 4.69) is 0 Å². The molecule has 0 spiro atoms. The molecule has 0 saturated heterocycles. The fraction of sp³-hybridized carbons (Fsp3) is 1.00. The maximum absolute atomic E-state index is 12.2. The van der Waals surface area contributed by atoms with Gasteiger partial charge in [0.15, 0.2) is 0 Å². The van der Waals surface area contributed by atoms with Crippen LogP contribution in [0.1, 0.15) is 13.8 Å². The van der Waals surface area contributed by atoms with Crippen molar-refractivity contribution in [1.82, 2.24) is 4.90 Å². The monoisotopic (exact) mass is 251 g/mol. The van der Waals surface area contributed by atoms with Crippen LogP contribution in [0, 0.1) is 5.92 Å². The third-order valence-corrected chi connectivity index (χ3v) is 1.70. The zero-order valence-corrected chi connectivity index (χ0v) is 13.1. The van der Waals surface area contributed by atoms with E-state index < -0.39 is 13.4 Å². The SMILES string of the molecule is COCCN(CC(C)C)C[B-](F)(F)F.[K+]. The number of nitrogens with zero attached hydrogens (tertiary/aromatic N) is 1. The molecule has 0 aliphatic rings. The number of hydrogen-bond acceptors (Lipinski definition) is 2. The Kier molecular flexibility index (Phi) is 11.8. The third kappa shape index (κ3) is 13.3. The summed E-state index contributed by atoms with van der Waals surface area (Å²) in [5.74, 6) is 0.241. The van der Waals surface area contributed by atoms with E-state index in [4.69, 9.17) is 4.74 Å². The summed E-state index contributed by atoms with van der Waals surface area (Å²) in [5, 5.41) is 0. The van der Waals surface area contributed by atoms with Gasteiger partial charge >= 0.3 is 58.4 Å². The number of methoxy groups -OCH3 is 1. The van der Waals surface area contributed by atoms with E-state index in [9.17, 15) is 12.9 Å². The Morgan fingerprint density at radius 2 is 1.80 bits per heavy atom. The van der Waals surface area contributed by atoms with Crippen molar-refractivity contribution in [3.63, 3.8) is 0 Å². The van der Waals surface area contributed by atoms with E-state index in [0.29, 0.717) is 19.7 Å². The molecule has 0 saturated carbocycles. The van der Waals surface area contributed by atoms with Crippen molar-refractivity contribution < 1.29 is 69.1 Å². The van der Waals surface area contributed by atoms with Gasteiger partial charge in [-0.3, -0.25) is 0 Å². The molecule has 0 aromatic heterocycles. The van der Waals surface area contributed by atoms with Gasteiger partial charge in [-0.15, -0.1) is 0 Å². The minimum Gasteiger partial charge on any atom is -0.448 e. The van der Waals surface area contributed by atoms with E-state index in [1.165, 1.54) is 12.0 Å². The van der Waals surface area contributed by atoms with Gasteiger partial charge in [0.1, 0.15) is 0 Å². The molecule has 0 N–H and O–H groups in total. The van der Waals surface area contributed by atoms with Gasteiger partial charge < -0.3 is 22.6 Å². The molecule has 0 fully saturated rings. The van der Waals surface area contributed by atoms with Crippen molar-refractivity contribution in [2.45, 2.75) is 13.8 Å². The number of halogens is 3. The number of ether oxygens (including phenoxy) is 1. The molecule has 0 heterocycles. The van der Waals surface area contributed by atoms with Crippen molar-refractivity contribution in [3.8, 4) is 0 Å². The van der Waals surface area contributed by atoms with Gasteiger partial charge in [-0.25, -0.2) is 0 Å². The van der Waals surface area contributed by atoms with Gasteiger partial charge in [0.05, 0.1) is 6.61 Å². The first kappa shape index (κ1) is 18.8. The fourth-order valence-electron chi connectivity index (χ4n) is 1.29. The average molecular weight is 251 g/mol. The van der Waals surface area contributed by atoms with Crippen LogP contribution in [-0.2, 0) is 4.74 Å². The van der Waals surface area contributed by atoms with Crippen molar-refractivity contribution >= 4 is 6.98 Å². The van der Waals surface area contributed by atoms with Gasteiger partial charge in [-0.1, -0.05) is 13.8 Å². The molecule has 7 heteroatoms. The maximum Gasteiger partial charge on any atom is 1.00 e. The summed E-state index contributed by atoms with van der Waals surface area (Å²) in [6.07, 6.45) is -0.790. The van der Waals surface area contributed by atoms with E-state index >= 15 is 0 Å². The second-order valence-corrected chi connectivity index (χ2v) is 3.86. The van der Waals surface area contributed by atoms with Crippen LogP contribution in [0.4, 0.5) is 12.9 Å². The molecular formula is C8H18BF3KNO. The molecule has 0 bridgehead atoms. The van der Waals surface area contributed by atoms with Crippen molar-refractivity contribution in [1.29, 1.82) is 0 Å². The summed E-state index contributed by atoms with van der Waals surface area (Å²) >= 11 is 0. The second-order valence-electron chi connectivity index (χ2n) is 3.86. The summed E-state index contributed by atoms with van der Waals surface area (Å²) in [4.78, 5) is 1.40. The molecule has 0 aliphatic heterocycles. The maximum atomic E-state index is 12.2. The topological polar surface area (TPSA) is 12.5 Å². The Morgan fingerprint density at radius 1 is 1.27 bits per heavy atom. The van der Waals surface area contributed by atoms with E-state index in [0.717, 1.165) is 0 Å². The Balaban J connectivity index is 0. The van der Waals surface area contributed by atoms with Crippen LogP contribution in [0.5, 0.6) is 0 Å². The standard InChI is InChI=1S/C8H18BF3NO.K/c1-8(2)6-13(4-5-14-3)7-9(10,11)12;/h8H,4-7H2,1-3H3;/q-1;+1. The molecule has 0 rings (SSSR count). The number of rotatable bonds is 7. The second kappa shape index (κ2) is 9.44. The Labute approximate surface area is 132 Å². The molecule has 2 nitrogen and oxygen atoms in total. The first-order valence-electron chi connectivity index (χ1n) is 4.77. The summed E-state index contributed by atoms with van der Waals surface area (Å²) in [7, 11) is 1.49. The van der Waals surface area contributed by atoms with Gasteiger partial charge in [0, 0.05) is 13.7 Å². The molecule has 0 amide bonds. The van der Waals surface area contributed by atoms with E-state index in [1.807, 2.05) is 13.8 Å². The predicted octanol–water partition coefficient (Wildman–Crippen LogP) is -1.02. The largest absolute Gasteiger partial charge is 1.00 e. The Morgan fingerprint density at radius 3 is 2.13 bits per heavy atom. The van der Waals surface area contributed by atoms with Crippen LogP contribution in [0.2, 0.25) is 0 Å². The minimum atomic E-state index is -4.73. The fourth-order valence-corrected chi connectivity index (χ4v) is 1.29. The summed E-state index contributed by atoms with van der Waals surface area (Å²) in [6.45, 7) is 0.237. The Bertz CT molecular complexity index is 157. The van der Waals surface area contributed by atoms with Crippen LogP contribution in [0.3, 0.4) is 0 Å². The molecule has 0 aliphatic carbocycles. The van der Waals surface area contributed by atoms with Crippen LogP contribution >= 0.6 is 0 Å². The normalized spacial score (nSPS) is 12.0. The zero-order valence-electron chi connectivity index (χ0n) is 9.97. The van der Waals surface area contributed by atoms with Crippen molar-refractivity contribution in [2.75, 3.05) is 33.3 Å². The molecule has 0 radical (unpaired) electrons. The summed E-state index contributed by atoms with van der Waals surface area (Å²) in [5.41, 5.74) is 0. The first-order chi connectivity index (χ1) is 6.35.